The van der Waals surface area contributed by atoms with E-state index in [1.165, 1.54) is 6.07 Å². The number of hydrogen-bond donors (Lipinski definition) is 0. The number of benzene rings is 2. The number of rotatable bonds is 2. The number of hydrogen-bond acceptors (Lipinski definition) is 1. The Hall–Kier alpha value is -0.310. The average molecular weight is 342 g/mol. The molecule has 0 spiro atoms. The van der Waals surface area contributed by atoms with Gasteiger partial charge in [-0.25, -0.2) is 0 Å². The molecular weight excluding hydrogens is 337 g/mol. The van der Waals surface area contributed by atoms with E-state index in [4.69, 9.17) is 62.7 Å². The Morgan fingerprint density at radius 2 is 1.50 bits per heavy atom. The minimum Gasteiger partial charge on any atom is -0.456 e. The lowest BCUT2D eigenvalue weighted by Gasteiger charge is -2.10. The summed E-state index contributed by atoms with van der Waals surface area (Å²) >= 11 is 29.6. The van der Waals surface area contributed by atoms with Gasteiger partial charge in [0.05, 0.1) is 15.1 Å². The third-order valence-electron chi connectivity index (χ3n) is 2.09. The second kappa shape index (κ2) is 5.77. The minimum absolute atomic E-state index is 0.155. The molecule has 6 heteroatoms. The van der Waals surface area contributed by atoms with Crippen LogP contribution in [-0.4, -0.2) is 0 Å². The molecule has 0 N–H and O–H groups in total. The van der Waals surface area contributed by atoms with E-state index in [0.717, 1.165) is 0 Å². The predicted octanol–water partition coefficient (Wildman–Crippen LogP) is 6.75. The van der Waals surface area contributed by atoms with Gasteiger partial charge >= 0.3 is 0 Å². The normalized spacial score (nSPS) is 10.5. The highest BCUT2D eigenvalue weighted by atomic mass is 35.5. The van der Waals surface area contributed by atoms with Gasteiger partial charge in [-0.3, -0.25) is 0 Å². The Morgan fingerprint density at radius 1 is 0.778 bits per heavy atom. The van der Waals surface area contributed by atoms with Gasteiger partial charge in [0.1, 0.15) is 16.5 Å². The molecule has 0 amide bonds. The highest BCUT2D eigenvalue weighted by Gasteiger charge is 2.14. The first-order valence-electron chi connectivity index (χ1n) is 4.75. The van der Waals surface area contributed by atoms with Crippen molar-refractivity contribution in [3.63, 3.8) is 0 Å². The fourth-order valence-electron chi connectivity index (χ4n) is 1.28. The van der Waals surface area contributed by atoms with Crippen molar-refractivity contribution in [2.45, 2.75) is 0 Å². The standard InChI is InChI=1S/C12H5Cl5O/c13-6-2-1-3-7(4-6)18-9-5-8(14)10(15)12(17)11(9)16/h1-5H. The zero-order valence-electron chi connectivity index (χ0n) is 8.68. The maximum atomic E-state index is 6.03. The topological polar surface area (TPSA) is 9.23 Å². The molecule has 0 aliphatic rings. The van der Waals surface area contributed by atoms with E-state index < -0.39 is 0 Å². The lowest BCUT2D eigenvalue weighted by Crippen LogP contribution is -1.87. The van der Waals surface area contributed by atoms with Gasteiger partial charge in [0, 0.05) is 11.1 Å². The Kier molecular flexibility index (Phi) is 4.52. The van der Waals surface area contributed by atoms with Crippen LogP contribution in [0.1, 0.15) is 0 Å². The quantitative estimate of drug-likeness (QED) is 0.433. The lowest BCUT2D eigenvalue weighted by molar-refractivity contribution is 0.483. The number of ether oxygens (including phenoxy) is 1. The first-order chi connectivity index (χ1) is 8.49. The molecule has 0 aliphatic carbocycles. The molecule has 2 aromatic rings. The van der Waals surface area contributed by atoms with Crippen molar-refractivity contribution in [3.8, 4) is 11.5 Å². The molecule has 0 aromatic heterocycles. The molecule has 94 valence electrons. The summed E-state index contributed by atoms with van der Waals surface area (Å²) in [6, 6.07) is 8.37. The van der Waals surface area contributed by atoms with Crippen molar-refractivity contribution < 1.29 is 4.74 Å². The largest absolute Gasteiger partial charge is 0.456 e. The van der Waals surface area contributed by atoms with E-state index in [1.54, 1.807) is 24.3 Å². The van der Waals surface area contributed by atoms with E-state index in [-0.39, 0.29) is 20.1 Å². The van der Waals surface area contributed by atoms with Crippen LogP contribution in [0.3, 0.4) is 0 Å². The zero-order valence-corrected chi connectivity index (χ0v) is 12.5. The van der Waals surface area contributed by atoms with Crippen LogP contribution < -0.4 is 4.74 Å². The molecule has 2 aromatic carbocycles. The van der Waals surface area contributed by atoms with Gasteiger partial charge in [0.2, 0.25) is 0 Å². The van der Waals surface area contributed by atoms with Gasteiger partial charge in [-0.15, -0.1) is 0 Å². The molecule has 2 rings (SSSR count). The van der Waals surface area contributed by atoms with Crippen LogP contribution in [0.25, 0.3) is 0 Å². The van der Waals surface area contributed by atoms with E-state index in [1.807, 2.05) is 0 Å². The average Bonchev–Trinajstić information content (AvgIpc) is 2.33. The Balaban J connectivity index is 2.41. The monoisotopic (exact) mass is 340 g/mol. The van der Waals surface area contributed by atoms with Crippen LogP contribution in [0.5, 0.6) is 11.5 Å². The molecule has 0 unspecified atom stereocenters. The third kappa shape index (κ3) is 2.98. The second-order valence-corrected chi connectivity index (χ2v) is 5.34. The molecule has 0 radical (unpaired) electrons. The van der Waals surface area contributed by atoms with Crippen LogP contribution >= 0.6 is 58.0 Å². The predicted molar refractivity (Wildman–Crippen MR) is 78.0 cm³/mol. The van der Waals surface area contributed by atoms with E-state index in [0.29, 0.717) is 16.5 Å². The summed E-state index contributed by atoms with van der Waals surface area (Å²) in [5, 5.41) is 1.37. The van der Waals surface area contributed by atoms with Crippen molar-refractivity contribution in [3.05, 3.63) is 55.4 Å². The maximum absolute atomic E-state index is 6.03. The SMILES string of the molecule is Clc1cccc(Oc2cc(Cl)c(Cl)c(Cl)c2Cl)c1. The molecule has 0 aliphatic heterocycles. The van der Waals surface area contributed by atoms with Gasteiger partial charge in [0.15, 0.2) is 0 Å². The molecule has 0 atom stereocenters. The van der Waals surface area contributed by atoms with Crippen molar-refractivity contribution in [1.29, 1.82) is 0 Å². The van der Waals surface area contributed by atoms with Gasteiger partial charge in [0.25, 0.3) is 0 Å². The fraction of sp³-hybridized carbons (Fsp3) is 0. The fourth-order valence-corrected chi connectivity index (χ4v) is 2.29. The van der Waals surface area contributed by atoms with Crippen molar-refractivity contribution in [2.75, 3.05) is 0 Å². The van der Waals surface area contributed by atoms with E-state index in [9.17, 15) is 0 Å². The van der Waals surface area contributed by atoms with Crippen molar-refractivity contribution in [1.82, 2.24) is 0 Å². The first kappa shape index (κ1) is 14.1. The Labute approximate surface area is 129 Å². The highest BCUT2D eigenvalue weighted by Crippen LogP contribution is 2.43. The summed E-state index contributed by atoms with van der Waals surface area (Å²) in [6.07, 6.45) is 0. The Bertz CT molecular complexity index is 597. The van der Waals surface area contributed by atoms with Crippen LogP contribution in [0.2, 0.25) is 25.1 Å². The first-order valence-corrected chi connectivity index (χ1v) is 6.64. The summed E-state index contributed by atoms with van der Waals surface area (Å²) in [5.74, 6) is 0.845. The molecule has 1 nitrogen and oxygen atoms in total. The highest BCUT2D eigenvalue weighted by molar-refractivity contribution is 6.52. The van der Waals surface area contributed by atoms with Crippen LogP contribution in [0.4, 0.5) is 0 Å². The molecule has 0 saturated carbocycles. The van der Waals surface area contributed by atoms with Gasteiger partial charge in [-0.05, 0) is 18.2 Å². The zero-order chi connectivity index (χ0) is 13.3. The van der Waals surface area contributed by atoms with Gasteiger partial charge in [-0.2, -0.15) is 0 Å². The molecule has 0 fully saturated rings. The molecule has 0 bridgehead atoms. The van der Waals surface area contributed by atoms with Crippen LogP contribution in [-0.2, 0) is 0 Å². The van der Waals surface area contributed by atoms with Crippen molar-refractivity contribution in [2.24, 2.45) is 0 Å². The number of halogens is 5. The van der Waals surface area contributed by atoms with Gasteiger partial charge in [-0.1, -0.05) is 64.1 Å². The van der Waals surface area contributed by atoms with E-state index >= 15 is 0 Å². The van der Waals surface area contributed by atoms with Crippen LogP contribution in [0.15, 0.2) is 30.3 Å². The van der Waals surface area contributed by atoms with E-state index in [2.05, 4.69) is 0 Å². The second-order valence-electron chi connectivity index (χ2n) is 3.36. The molecule has 0 heterocycles. The summed E-state index contributed by atoms with van der Waals surface area (Å²) in [5.41, 5.74) is 0. The minimum atomic E-state index is 0.155. The Morgan fingerprint density at radius 3 is 2.17 bits per heavy atom. The summed E-state index contributed by atoms with van der Waals surface area (Å²) in [6.45, 7) is 0. The summed E-state index contributed by atoms with van der Waals surface area (Å²) < 4.78 is 5.56. The molecule has 0 saturated heterocycles. The smallest absolute Gasteiger partial charge is 0.149 e. The lowest BCUT2D eigenvalue weighted by atomic mass is 10.3. The van der Waals surface area contributed by atoms with Crippen LogP contribution in [0, 0.1) is 0 Å². The maximum Gasteiger partial charge on any atom is 0.149 e. The summed E-state index contributed by atoms with van der Waals surface area (Å²) in [7, 11) is 0. The molecular formula is C12H5Cl5O. The van der Waals surface area contributed by atoms with Gasteiger partial charge < -0.3 is 4.74 Å². The van der Waals surface area contributed by atoms with Crippen molar-refractivity contribution >= 4 is 58.0 Å². The summed E-state index contributed by atoms with van der Waals surface area (Å²) in [4.78, 5) is 0. The molecule has 18 heavy (non-hydrogen) atoms. The third-order valence-corrected chi connectivity index (χ3v) is 4.06.